The first-order chi connectivity index (χ1) is 15.5. The minimum absolute atomic E-state index is 0.0819. The van der Waals surface area contributed by atoms with Gasteiger partial charge in [-0.3, -0.25) is 4.79 Å². The maximum atomic E-state index is 13.2. The number of aromatic amines is 1. The Morgan fingerprint density at radius 3 is 2.75 bits per heavy atom. The van der Waals surface area contributed by atoms with Crippen molar-refractivity contribution in [2.75, 3.05) is 39.8 Å². The molecule has 1 aliphatic heterocycles. The average Bonchev–Trinajstić information content (AvgIpc) is 3.13. The fraction of sp³-hybridized carbons (Fsp3) is 0.593. The first-order valence-electron chi connectivity index (χ1n) is 12.3. The van der Waals surface area contributed by atoms with Crippen molar-refractivity contribution >= 4 is 5.91 Å². The fourth-order valence-electron chi connectivity index (χ4n) is 6.14. The summed E-state index contributed by atoms with van der Waals surface area (Å²) < 4.78 is 5.59. The molecule has 2 atom stereocenters. The molecule has 2 unspecified atom stereocenters. The summed E-state index contributed by atoms with van der Waals surface area (Å²) in [5, 5.41) is 0. The number of piperidine rings is 1. The minimum Gasteiger partial charge on any atom is -0.497 e. The van der Waals surface area contributed by atoms with E-state index in [1.807, 2.05) is 24.8 Å². The Morgan fingerprint density at radius 2 is 2.06 bits per heavy atom. The van der Waals surface area contributed by atoms with Crippen LogP contribution in [0.4, 0.5) is 0 Å². The summed E-state index contributed by atoms with van der Waals surface area (Å²) in [6.07, 6.45) is 4.32. The summed E-state index contributed by atoms with van der Waals surface area (Å²) in [5.74, 6) is 1.60. The number of amides is 1. The van der Waals surface area contributed by atoms with Gasteiger partial charge in [-0.15, -0.1) is 0 Å². The molecule has 1 fully saturated rings. The molecular weight excluding hydrogens is 398 g/mol. The molecule has 1 aromatic heterocycles. The first kappa shape index (κ1) is 22.9. The lowest BCUT2D eigenvalue weighted by atomic mass is 9.58. The zero-order chi connectivity index (χ0) is 22.9. The lowest BCUT2D eigenvalue weighted by Crippen LogP contribution is -2.53. The van der Waals surface area contributed by atoms with Gasteiger partial charge in [0.15, 0.2) is 0 Å². The highest BCUT2D eigenvalue weighted by Crippen LogP contribution is 2.49. The van der Waals surface area contributed by atoms with Crippen molar-refractivity contribution < 1.29 is 9.53 Å². The third-order valence-corrected chi connectivity index (χ3v) is 7.99. The van der Waals surface area contributed by atoms with Crippen LogP contribution in [0.1, 0.15) is 66.5 Å². The summed E-state index contributed by atoms with van der Waals surface area (Å²) in [6, 6.07) is 8.69. The number of aromatic nitrogens is 1. The number of fused-ring (bicyclic) bond motifs is 2. The van der Waals surface area contributed by atoms with E-state index in [1.54, 1.807) is 7.11 Å². The molecule has 4 rings (SSSR count). The van der Waals surface area contributed by atoms with Gasteiger partial charge in [-0.05, 0) is 94.3 Å². The maximum absolute atomic E-state index is 13.2. The van der Waals surface area contributed by atoms with Crippen molar-refractivity contribution in [3.63, 3.8) is 0 Å². The molecule has 2 aliphatic rings. The van der Waals surface area contributed by atoms with E-state index in [4.69, 9.17) is 4.74 Å². The predicted octanol–water partition coefficient (Wildman–Crippen LogP) is 4.58. The number of carbonyl (C=O) groups is 1. The van der Waals surface area contributed by atoms with Crippen LogP contribution in [0.5, 0.6) is 5.75 Å². The van der Waals surface area contributed by atoms with E-state index in [2.05, 4.69) is 41.9 Å². The van der Waals surface area contributed by atoms with Crippen LogP contribution < -0.4 is 4.74 Å². The number of ether oxygens (including phenoxy) is 1. The Bertz CT molecular complexity index is 962. The Morgan fingerprint density at radius 1 is 1.28 bits per heavy atom. The average molecular weight is 438 g/mol. The van der Waals surface area contributed by atoms with E-state index in [1.165, 1.54) is 23.2 Å². The molecule has 174 valence electrons. The number of nitrogens with zero attached hydrogens (tertiary/aromatic N) is 2. The molecule has 1 aliphatic carbocycles. The molecule has 1 aromatic carbocycles. The Kier molecular flexibility index (Phi) is 6.66. The number of carbonyl (C=O) groups excluding carboxylic acids is 1. The maximum Gasteiger partial charge on any atom is 0.270 e. The number of likely N-dealkylation sites (tertiary alicyclic amines) is 1. The van der Waals surface area contributed by atoms with Gasteiger partial charge in [-0.1, -0.05) is 19.1 Å². The molecule has 5 nitrogen and oxygen atoms in total. The highest BCUT2D eigenvalue weighted by Gasteiger charge is 2.48. The molecule has 1 saturated heterocycles. The monoisotopic (exact) mass is 437 g/mol. The number of nitrogens with one attached hydrogen (secondary N) is 1. The molecule has 5 heteroatoms. The molecule has 32 heavy (non-hydrogen) atoms. The number of H-pyrrole nitrogens is 1. The second-order valence-electron chi connectivity index (χ2n) is 9.58. The van der Waals surface area contributed by atoms with Crippen LogP contribution in [-0.4, -0.2) is 60.5 Å². The van der Waals surface area contributed by atoms with Crippen LogP contribution in [0, 0.1) is 12.8 Å². The third-order valence-electron chi connectivity index (χ3n) is 7.99. The van der Waals surface area contributed by atoms with Gasteiger partial charge >= 0.3 is 0 Å². The summed E-state index contributed by atoms with van der Waals surface area (Å²) in [5.41, 5.74) is 6.06. The zero-order valence-corrected chi connectivity index (χ0v) is 20.5. The van der Waals surface area contributed by atoms with Gasteiger partial charge in [0, 0.05) is 30.7 Å². The van der Waals surface area contributed by atoms with E-state index in [-0.39, 0.29) is 11.3 Å². The summed E-state index contributed by atoms with van der Waals surface area (Å²) in [6.45, 7) is 13.4. The quantitative estimate of drug-likeness (QED) is 0.690. The summed E-state index contributed by atoms with van der Waals surface area (Å²) in [7, 11) is 1.75. The van der Waals surface area contributed by atoms with E-state index in [9.17, 15) is 4.79 Å². The SMILES string of the molecule is CCCN1CCC2(c3cccc(OC)c3)Cc3[nH]c(C(=O)N(CC)CC)c(C)c3CC2C1. The van der Waals surface area contributed by atoms with Gasteiger partial charge in [0.25, 0.3) is 5.91 Å². The molecule has 2 aromatic rings. The highest BCUT2D eigenvalue weighted by atomic mass is 16.5. The molecule has 0 spiro atoms. The van der Waals surface area contributed by atoms with Gasteiger partial charge in [0.2, 0.25) is 0 Å². The number of hydrogen-bond donors (Lipinski definition) is 1. The zero-order valence-electron chi connectivity index (χ0n) is 20.5. The van der Waals surface area contributed by atoms with Crippen molar-refractivity contribution in [1.82, 2.24) is 14.8 Å². The molecule has 1 N–H and O–H groups in total. The topological polar surface area (TPSA) is 48.6 Å². The van der Waals surface area contributed by atoms with E-state index < -0.39 is 0 Å². The number of hydrogen-bond acceptors (Lipinski definition) is 3. The molecule has 2 heterocycles. The predicted molar refractivity (Wildman–Crippen MR) is 130 cm³/mol. The largest absolute Gasteiger partial charge is 0.497 e. The second-order valence-corrected chi connectivity index (χ2v) is 9.58. The fourth-order valence-corrected chi connectivity index (χ4v) is 6.14. The van der Waals surface area contributed by atoms with Crippen LogP contribution in [0.15, 0.2) is 24.3 Å². The lowest BCUT2D eigenvalue weighted by Gasteiger charge is -2.51. The molecular formula is C27H39N3O2. The van der Waals surface area contributed by atoms with Crippen LogP contribution in [0.2, 0.25) is 0 Å². The van der Waals surface area contributed by atoms with Crippen LogP contribution in [-0.2, 0) is 18.3 Å². The Hall–Kier alpha value is -2.27. The van der Waals surface area contributed by atoms with Crippen LogP contribution >= 0.6 is 0 Å². The standard InChI is InChI=1S/C27H39N3O2/c1-6-13-29-14-12-27(20-10-9-11-22(15-20)32-5)17-24-23(16-21(27)18-29)19(4)25(28-24)26(31)30(7-2)8-3/h9-11,15,21,28H,6-8,12-14,16-18H2,1-5H3. The normalized spacial score (nSPS) is 22.8. The van der Waals surface area contributed by atoms with Gasteiger partial charge < -0.3 is 19.5 Å². The van der Waals surface area contributed by atoms with Crippen LogP contribution in [0.25, 0.3) is 0 Å². The Labute approximate surface area is 193 Å². The van der Waals surface area contributed by atoms with Gasteiger partial charge in [0.1, 0.15) is 11.4 Å². The third kappa shape index (κ3) is 3.85. The van der Waals surface area contributed by atoms with Gasteiger partial charge in [-0.25, -0.2) is 0 Å². The van der Waals surface area contributed by atoms with E-state index in [0.29, 0.717) is 5.92 Å². The van der Waals surface area contributed by atoms with E-state index >= 15 is 0 Å². The molecule has 1 amide bonds. The van der Waals surface area contributed by atoms with Crippen molar-refractivity contribution in [3.05, 3.63) is 52.3 Å². The minimum atomic E-state index is 0.0819. The van der Waals surface area contributed by atoms with Crippen molar-refractivity contribution in [3.8, 4) is 5.75 Å². The Balaban J connectivity index is 1.76. The van der Waals surface area contributed by atoms with Crippen molar-refractivity contribution in [2.45, 2.75) is 58.8 Å². The molecule has 0 saturated carbocycles. The molecule has 0 radical (unpaired) electrons. The molecule has 0 bridgehead atoms. The number of rotatable bonds is 7. The smallest absolute Gasteiger partial charge is 0.270 e. The number of methoxy groups -OCH3 is 1. The second kappa shape index (κ2) is 9.30. The number of benzene rings is 1. The van der Waals surface area contributed by atoms with Gasteiger partial charge in [0.05, 0.1) is 7.11 Å². The summed E-state index contributed by atoms with van der Waals surface area (Å²) >= 11 is 0. The van der Waals surface area contributed by atoms with Gasteiger partial charge in [-0.2, -0.15) is 0 Å². The highest BCUT2D eigenvalue weighted by molar-refractivity contribution is 5.94. The van der Waals surface area contributed by atoms with Crippen LogP contribution in [0.3, 0.4) is 0 Å². The lowest BCUT2D eigenvalue weighted by molar-refractivity contribution is 0.0766. The van der Waals surface area contributed by atoms with Crippen molar-refractivity contribution in [2.24, 2.45) is 5.92 Å². The van der Waals surface area contributed by atoms with Crippen molar-refractivity contribution in [1.29, 1.82) is 0 Å². The first-order valence-corrected chi connectivity index (χ1v) is 12.3. The van der Waals surface area contributed by atoms with E-state index in [0.717, 1.165) is 69.0 Å². The summed E-state index contributed by atoms with van der Waals surface area (Å²) in [4.78, 5) is 21.4.